The van der Waals surface area contributed by atoms with Crippen molar-refractivity contribution in [2.24, 2.45) is 0 Å². The number of thioether (sulfide) groups is 1. The minimum absolute atomic E-state index is 0.254. The molecule has 2 unspecified atom stereocenters. The quantitative estimate of drug-likeness (QED) is 0.0861. The molecule has 3 heteroatoms. The van der Waals surface area contributed by atoms with Gasteiger partial charge in [-0.3, -0.25) is 0 Å². The largest absolute Gasteiger partial charge is 0.507 e. The molecule has 0 aliphatic carbocycles. The van der Waals surface area contributed by atoms with E-state index in [4.69, 9.17) is 0 Å². The number of benzene rings is 6. The summed E-state index contributed by atoms with van der Waals surface area (Å²) in [6, 6.07) is 47.4. The zero-order valence-electron chi connectivity index (χ0n) is 33.2. The van der Waals surface area contributed by atoms with Crippen LogP contribution in [0.1, 0.15) is 113 Å². The van der Waals surface area contributed by atoms with Crippen LogP contribution in [0, 0.1) is 0 Å². The zero-order valence-corrected chi connectivity index (χ0v) is 34.0. The van der Waals surface area contributed by atoms with E-state index >= 15 is 0 Å². The van der Waals surface area contributed by atoms with Gasteiger partial charge in [0.15, 0.2) is 0 Å². The Morgan fingerprint density at radius 1 is 0.418 bits per heavy atom. The maximum atomic E-state index is 11.8. The monoisotopic (exact) mass is 746 g/mol. The van der Waals surface area contributed by atoms with Crippen molar-refractivity contribution in [2.45, 2.75) is 102 Å². The third kappa shape index (κ3) is 10.3. The normalized spacial score (nSPS) is 12.4. The SMILES string of the molecule is CCCCCC(C)c1cc(-c2ccc(-c3ccccc3)cc2)cc(CSCc2cc(-c3ccc(-c4ccccc4)cc3)cc(C(C)CCCCC)c2O)c1O. The predicted octanol–water partition coefficient (Wildman–Crippen LogP) is 15.6. The Balaban J connectivity index is 1.28. The number of rotatable bonds is 18. The molecule has 0 spiro atoms. The van der Waals surface area contributed by atoms with Gasteiger partial charge in [0.2, 0.25) is 0 Å². The molecule has 6 aromatic rings. The first-order valence-corrected chi connectivity index (χ1v) is 21.6. The van der Waals surface area contributed by atoms with Crippen LogP contribution in [0.5, 0.6) is 11.5 Å². The summed E-state index contributed by atoms with van der Waals surface area (Å²) in [6.45, 7) is 8.98. The molecule has 0 aromatic heterocycles. The summed E-state index contributed by atoms with van der Waals surface area (Å²) in [6.07, 6.45) is 9.18. The van der Waals surface area contributed by atoms with E-state index in [1.807, 2.05) is 12.1 Å². The summed E-state index contributed by atoms with van der Waals surface area (Å²) in [7, 11) is 0. The zero-order chi connectivity index (χ0) is 38.6. The fourth-order valence-corrected chi connectivity index (χ4v) is 8.68. The van der Waals surface area contributed by atoms with E-state index in [0.717, 1.165) is 70.2 Å². The summed E-state index contributed by atoms with van der Waals surface area (Å²) in [5.74, 6) is 2.64. The maximum Gasteiger partial charge on any atom is 0.123 e. The lowest BCUT2D eigenvalue weighted by Crippen LogP contribution is -2.00. The molecule has 2 nitrogen and oxygen atoms in total. The van der Waals surface area contributed by atoms with Gasteiger partial charge in [-0.25, -0.2) is 0 Å². The van der Waals surface area contributed by atoms with E-state index in [0.29, 0.717) is 23.0 Å². The van der Waals surface area contributed by atoms with Crippen LogP contribution >= 0.6 is 11.8 Å². The highest BCUT2D eigenvalue weighted by atomic mass is 32.2. The smallest absolute Gasteiger partial charge is 0.123 e. The number of hydrogen-bond acceptors (Lipinski definition) is 3. The number of unbranched alkanes of at least 4 members (excludes halogenated alkanes) is 4. The lowest BCUT2D eigenvalue weighted by molar-refractivity contribution is 0.454. The highest BCUT2D eigenvalue weighted by molar-refractivity contribution is 7.97. The maximum absolute atomic E-state index is 11.8. The number of phenolic OH excluding ortho intramolecular Hbond substituents is 2. The molecule has 0 aliphatic rings. The van der Waals surface area contributed by atoms with E-state index in [-0.39, 0.29) is 11.8 Å². The lowest BCUT2D eigenvalue weighted by Gasteiger charge is -2.20. The van der Waals surface area contributed by atoms with Crippen molar-refractivity contribution in [3.63, 3.8) is 0 Å². The van der Waals surface area contributed by atoms with Crippen LogP contribution in [0.4, 0.5) is 0 Å². The summed E-state index contributed by atoms with van der Waals surface area (Å²) in [4.78, 5) is 0. The molecule has 6 aromatic carbocycles. The predicted molar refractivity (Wildman–Crippen MR) is 238 cm³/mol. The molecule has 6 rings (SSSR count). The topological polar surface area (TPSA) is 40.5 Å². The Hall–Kier alpha value is -4.73. The van der Waals surface area contributed by atoms with Gasteiger partial charge in [-0.2, -0.15) is 11.8 Å². The molecular formula is C52H58O2S. The van der Waals surface area contributed by atoms with E-state index in [1.165, 1.54) is 47.9 Å². The third-order valence-electron chi connectivity index (χ3n) is 11.1. The van der Waals surface area contributed by atoms with Gasteiger partial charge in [0, 0.05) is 22.6 Å². The third-order valence-corrected chi connectivity index (χ3v) is 12.2. The Morgan fingerprint density at radius 2 is 0.745 bits per heavy atom. The van der Waals surface area contributed by atoms with Gasteiger partial charge in [0.1, 0.15) is 11.5 Å². The molecule has 284 valence electrons. The minimum Gasteiger partial charge on any atom is -0.507 e. The molecule has 2 N–H and O–H groups in total. The van der Waals surface area contributed by atoms with Crippen LogP contribution in [0.25, 0.3) is 44.5 Å². The first-order valence-electron chi connectivity index (χ1n) is 20.5. The molecule has 0 radical (unpaired) electrons. The van der Waals surface area contributed by atoms with Crippen molar-refractivity contribution in [1.82, 2.24) is 0 Å². The molecule has 0 heterocycles. The van der Waals surface area contributed by atoms with Crippen molar-refractivity contribution in [2.75, 3.05) is 0 Å². The van der Waals surface area contributed by atoms with Gasteiger partial charge in [-0.1, -0.05) is 175 Å². The molecular weight excluding hydrogens is 689 g/mol. The lowest BCUT2D eigenvalue weighted by atomic mass is 9.89. The second-order valence-corrected chi connectivity index (χ2v) is 16.3. The fraction of sp³-hybridized carbons (Fsp3) is 0.308. The van der Waals surface area contributed by atoms with Crippen LogP contribution in [0.2, 0.25) is 0 Å². The Morgan fingerprint density at radius 3 is 1.09 bits per heavy atom. The molecule has 0 amide bonds. The summed E-state index contributed by atoms with van der Waals surface area (Å²) in [5, 5.41) is 23.6. The summed E-state index contributed by atoms with van der Waals surface area (Å²) < 4.78 is 0. The van der Waals surface area contributed by atoms with Crippen LogP contribution < -0.4 is 0 Å². The van der Waals surface area contributed by atoms with Crippen molar-refractivity contribution in [1.29, 1.82) is 0 Å². The fourth-order valence-electron chi connectivity index (χ4n) is 7.70. The van der Waals surface area contributed by atoms with E-state index in [9.17, 15) is 10.2 Å². The number of hydrogen-bond donors (Lipinski definition) is 2. The second kappa shape index (κ2) is 19.7. The average Bonchev–Trinajstić information content (AvgIpc) is 3.23. The number of phenols is 2. The van der Waals surface area contributed by atoms with Crippen molar-refractivity contribution < 1.29 is 10.2 Å². The molecule has 55 heavy (non-hydrogen) atoms. The Kier molecular flexibility index (Phi) is 14.3. The Bertz CT molecular complexity index is 1930. The van der Waals surface area contributed by atoms with Crippen LogP contribution in [-0.4, -0.2) is 10.2 Å². The average molecular weight is 747 g/mol. The first kappa shape index (κ1) is 39.9. The van der Waals surface area contributed by atoms with Crippen LogP contribution in [0.15, 0.2) is 133 Å². The van der Waals surface area contributed by atoms with Gasteiger partial charge in [-0.15, -0.1) is 0 Å². The molecule has 0 saturated carbocycles. The molecule has 2 atom stereocenters. The standard InChI is InChI=1S/C52H58O2S/c1-5-7-11-17-37(3)49-33-45(43-27-23-41(24-28-43)39-19-13-9-14-20-39)31-47(51(49)53)35-55-36-48-32-46(34-50(52(48)54)38(4)18-12-8-6-2)44-29-25-42(26-30-44)40-21-15-10-16-22-40/h9-10,13-16,19-34,37-38,53-54H,5-8,11-12,17-18,35-36H2,1-4H3. The molecule has 0 fully saturated rings. The first-order chi connectivity index (χ1) is 26.9. The van der Waals surface area contributed by atoms with E-state index in [2.05, 4.69) is 149 Å². The van der Waals surface area contributed by atoms with Crippen molar-refractivity contribution >= 4 is 11.8 Å². The highest BCUT2D eigenvalue weighted by Gasteiger charge is 2.19. The van der Waals surface area contributed by atoms with Crippen LogP contribution in [-0.2, 0) is 11.5 Å². The second-order valence-electron chi connectivity index (χ2n) is 15.3. The van der Waals surface area contributed by atoms with Gasteiger partial charge in [0.05, 0.1) is 0 Å². The summed E-state index contributed by atoms with van der Waals surface area (Å²) in [5.41, 5.74) is 13.3. The molecule has 0 saturated heterocycles. The van der Waals surface area contributed by atoms with Crippen molar-refractivity contribution in [3.8, 4) is 56.0 Å². The molecule has 0 aliphatic heterocycles. The van der Waals surface area contributed by atoms with E-state index in [1.54, 1.807) is 11.8 Å². The van der Waals surface area contributed by atoms with Gasteiger partial charge >= 0.3 is 0 Å². The van der Waals surface area contributed by atoms with Gasteiger partial charge in [0.25, 0.3) is 0 Å². The van der Waals surface area contributed by atoms with Crippen LogP contribution in [0.3, 0.4) is 0 Å². The van der Waals surface area contributed by atoms with Crippen molar-refractivity contribution in [3.05, 3.63) is 156 Å². The number of aromatic hydroxyl groups is 2. The highest BCUT2D eigenvalue weighted by Crippen LogP contribution is 2.42. The minimum atomic E-state index is 0.254. The Labute approximate surface area is 334 Å². The molecule has 0 bridgehead atoms. The van der Waals surface area contributed by atoms with Gasteiger partial charge < -0.3 is 10.2 Å². The van der Waals surface area contributed by atoms with E-state index < -0.39 is 0 Å². The summed E-state index contributed by atoms with van der Waals surface area (Å²) >= 11 is 1.76. The van der Waals surface area contributed by atoms with Gasteiger partial charge in [-0.05, 0) is 105 Å².